The van der Waals surface area contributed by atoms with E-state index in [0.717, 1.165) is 37.5 Å². The van der Waals surface area contributed by atoms with Crippen molar-refractivity contribution in [3.63, 3.8) is 0 Å². The second-order valence-electron chi connectivity index (χ2n) is 4.88. The molecule has 0 atom stereocenters. The lowest BCUT2D eigenvalue weighted by Crippen LogP contribution is -2.31. The molecule has 0 bridgehead atoms. The Bertz CT molecular complexity index is 420. The van der Waals surface area contributed by atoms with Crippen LogP contribution in [0, 0.1) is 0 Å². The average Bonchev–Trinajstić information content (AvgIpc) is 2.47. The third-order valence-corrected chi connectivity index (χ3v) is 3.91. The Balaban J connectivity index is 2.50. The lowest BCUT2D eigenvalue weighted by molar-refractivity contribution is -0.113. The number of para-hydroxylation sites is 1. The second-order valence-corrected chi connectivity index (χ2v) is 4.88. The monoisotopic (exact) mass is 248 g/mol. The maximum atomic E-state index is 11.7. The average molecular weight is 248 g/mol. The number of methoxy groups -OCH3 is 2. The molecule has 1 aliphatic carbocycles. The van der Waals surface area contributed by atoms with Crippen LogP contribution in [-0.2, 0) is 10.2 Å². The standard InChI is InChI=1S/C15H20O3/c1-17-13-8-6-7-12(14(13)18-2)15(11-16)9-4-3-5-10-15/h6-8,11H,3-5,9-10H2,1-2H3. The Labute approximate surface area is 108 Å². The van der Waals surface area contributed by atoms with Crippen LogP contribution in [0.1, 0.15) is 37.7 Å². The first-order valence-electron chi connectivity index (χ1n) is 6.45. The molecule has 1 saturated carbocycles. The maximum Gasteiger partial charge on any atom is 0.164 e. The molecular weight excluding hydrogens is 228 g/mol. The molecule has 18 heavy (non-hydrogen) atoms. The summed E-state index contributed by atoms with van der Waals surface area (Å²) in [4.78, 5) is 11.7. The zero-order valence-corrected chi connectivity index (χ0v) is 11.1. The summed E-state index contributed by atoms with van der Waals surface area (Å²) in [5, 5.41) is 0. The fraction of sp³-hybridized carbons (Fsp3) is 0.533. The molecule has 0 saturated heterocycles. The van der Waals surface area contributed by atoms with Crippen LogP contribution in [-0.4, -0.2) is 20.5 Å². The molecule has 98 valence electrons. The Kier molecular flexibility index (Phi) is 3.90. The summed E-state index contributed by atoms with van der Waals surface area (Å²) in [5.41, 5.74) is 0.581. The molecule has 1 aromatic rings. The predicted molar refractivity (Wildman–Crippen MR) is 70.4 cm³/mol. The molecule has 0 heterocycles. The van der Waals surface area contributed by atoms with Crippen LogP contribution in [0.4, 0.5) is 0 Å². The SMILES string of the molecule is COc1cccc(C2(C=O)CCCCC2)c1OC. The highest BCUT2D eigenvalue weighted by molar-refractivity contribution is 5.72. The van der Waals surface area contributed by atoms with Crippen LogP contribution in [0.3, 0.4) is 0 Å². The van der Waals surface area contributed by atoms with Gasteiger partial charge in [-0.1, -0.05) is 31.4 Å². The van der Waals surface area contributed by atoms with E-state index in [1.54, 1.807) is 14.2 Å². The van der Waals surface area contributed by atoms with Crippen molar-refractivity contribution in [1.82, 2.24) is 0 Å². The van der Waals surface area contributed by atoms with E-state index in [1.165, 1.54) is 6.42 Å². The van der Waals surface area contributed by atoms with E-state index in [-0.39, 0.29) is 0 Å². The van der Waals surface area contributed by atoms with Gasteiger partial charge in [0.15, 0.2) is 11.5 Å². The van der Waals surface area contributed by atoms with Crippen LogP contribution in [0.25, 0.3) is 0 Å². The summed E-state index contributed by atoms with van der Waals surface area (Å²) in [7, 11) is 3.25. The molecule has 0 aliphatic heterocycles. The van der Waals surface area contributed by atoms with Gasteiger partial charge in [0.1, 0.15) is 6.29 Å². The van der Waals surface area contributed by atoms with Crippen molar-refractivity contribution >= 4 is 6.29 Å². The number of carbonyl (C=O) groups is 1. The fourth-order valence-electron chi connectivity index (χ4n) is 2.91. The fourth-order valence-corrected chi connectivity index (χ4v) is 2.91. The van der Waals surface area contributed by atoms with E-state index >= 15 is 0 Å². The smallest absolute Gasteiger partial charge is 0.164 e. The number of benzene rings is 1. The number of hydrogen-bond acceptors (Lipinski definition) is 3. The zero-order chi connectivity index (χ0) is 13.0. The van der Waals surface area contributed by atoms with E-state index < -0.39 is 5.41 Å². The van der Waals surface area contributed by atoms with Crippen LogP contribution in [0.15, 0.2) is 18.2 Å². The first-order chi connectivity index (χ1) is 8.77. The molecule has 0 unspecified atom stereocenters. The van der Waals surface area contributed by atoms with Crippen molar-refractivity contribution in [1.29, 1.82) is 0 Å². The Morgan fingerprint density at radius 2 is 1.83 bits per heavy atom. The van der Waals surface area contributed by atoms with E-state index in [4.69, 9.17) is 9.47 Å². The van der Waals surface area contributed by atoms with Crippen molar-refractivity contribution in [2.45, 2.75) is 37.5 Å². The quantitative estimate of drug-likeness (QED) is 0.768. The molecule has 0 amide bonds. The molecule has 1 aromatic carbocycles. The third kappa shape index (κ3) is 2.09. The molecule has 1 aliphatic rings. The molecule has 1 fully saturated rings. The van der Waals surface area contributed by atoms with Crippen molar-refractivity contribution < 1.29 is 14.3 Å². The van der Waals surface area contributed by atoms with Crippen molar-refractivity contribution in [2.24, 2.45) is 0 Å². The van der Waals surface area contributed by atoms with Gasteiger partial charge in [-0.15, -0.1) is 0 Å². The first-order valence-corrected chi connectivity index (χ1v) is 6.45. The highest BCUT2D eigenvalue weighted by Crippen LogP contribution is 2.44. The second kappa shape index (κ2) is 5.42. The van der Waals surface area contributed by atoms with Gasteiger partial charge in [0.25, 0.3) is 0 Å². The lowest BCUT2D eigenvalue weighted by Gasteiger charge is -2.33. The predicted octanol–water partition coefficient (Wildman–Crippen LogP) is 3.10. The van der Waals surface area contributed by atoms with Crippen LogP contribution >= 0.6 is 0 Å². The summed E-state index contributed by atoms with van der Waals surface area (Å²) in [6.45, 7) is 0. The summed E-state index contributed by atoms with van der Waals surface area (Å²) in [5.74, 6) is 1.40. The highest BCUT2D eigenvalue weighted by atomic mass is 16.5. The molecule has 0 aromatic heterocycles. The van der Waals surface area contributed by atoms with Crippen molar-refractivity contribution in [3.8, 4) is 11.5 Å². The van der Waals surface area contributed by atoms with Gasteiger partial charge in [-0.05, 0) is 18.9 Å². The molecule has 0 radical (unpaired) electrons. The Hall–Kier alpha value is -1.51. The molecule has 2 rings (SSSR count). The molecule has 3 nitrogen and oxygen atoms in total. The summed E-state index contributed by atoms with van der Waals surface area (Å²) < 4.78 is 10.8. The van der Waals surface area contributed by atoms with Gasteiger partial charge < -0.3 is 14.3 Å². The van der Waals surface area contributed by atoms with Gasteiger partial charge in [-0.25, -0.2) is 0 Å². The molecule has 0 spiro atoms. The Morgan fingerprint density at radius 3 is 2.39 bits per heavy atom. The minimum Gasteiger partial charge on any atom is -0.493 e. The van der Waals surface area contributed by atoms with Gasteiger partial charge in [-0.3, -0.25) is 0 Å². The minimum absolute atomic E-state index is 0.391. The van der Waals surface area contributed by atoms with Gasteiger partial charge in [0.05, 0.1) is 19.6 Å². The number of aldehydes is 1. The largest absolute Gasteiger partial charge is 0.493 e. The number of ether oxygens (including phenoxy) is 2. The van der Waals surface area contributed by atoms with Gasteiger partial charge >= 0.3 is 0 Å². The van der Waals surface area contributed by atoms with Crippen molar-refractivity contribution in [3.05, 3.63) is 23.8 Å². The summed E-state index contributed by atoms with van der Waals surface area (Å²) in [6, 6.07) is 5.78. The van der Waals surface area contributed by atoms with Crippen LogP contribution in [0.5, 0.6) is 11.5 Å². The number of carbonyl (C=O) groups excluding carboxylic acids is 1. The van der Waals surface area contributed by atoms with Crippen LogP contribution in [0.2, 0.25) is 0 Å². The molecule has 0 N–H and O–H groups in total. The summed E-state index contributed by atoms with van der Waals surface area (Å²) >= 11 is 0. The van der Waals surface area contributed by atoms with Crippen LogP contribution < -0.4 is 9.47 Å². The highest BCUT2D eigenvalue weighted by Gasteiger charge is 2.36. The molecule has 3 heteroatoms. The maximum absolute atomic E-state index is 11.7. The van der Waals surface area contributed by atoms with Gasteiger partial charge in [-0.2, -0.15) is 0 Å². The number of rotatable bonds is 4. The van der Waals surface area contributed by atoms with Crippen molar-refractivity contribution in [2.75, 3.05) is 14.2 Å². The van der Waals surface area contributed by atoms with Gasteiger partial charge in [0.2, 0.25) is 0 Å². The summed E-state index contributed by atoms with van der Waals surface area (Å²) in [6.07, 6.45) is 6.31. The Morgan fingerprint density at radius 1 is 1.11 bits per heavy atom. The lowest BCUT2D eigenvalue weighted by atomic mass is 9.70. The van der Waals surface area contributed by atoms with E-state index in [9.17, 15) is 4.79 Å². The minimum atomic E-state index is -0.391. The van der Waals surface area contributed by atoms with Gasteiger partial charge in [0, 0.05) is 5.56 Å². The third-order valence-electron chi connectivity index (χ3n) is 3.91. The number of hydrogen-bond donors (Lipinski definition) is 0. The molecular formula is C15H20O3. The topological polar surface area (TPSA) is 35.5 Å². The van der Waals surface area contributed by atoms with E-state index in [2.05, 4.69) is 0 Å². The first kappa shape index (κ1) is 12.9. The normalized spacial score (nSPS) is 18.1. The van der Waals surface area contributed by atoms with E-state index in [1.807, 2.05) is 18.2 Å². The zero-order valence-electron chi connectivity index (χ0n) is 11.1. The van der Waals surface area contributed by atoms with E-state index in [0.29, 0.717) is 11.5 Å².